The van der Waals surface area contributed by atoms with Crippen molar-refractivity contribution >= 4 is 5.78 Å². The van der Waals surface area contributed by atoms with Crippen LogP contribution in [0.25, 0.3) is 0 Å². The van der Waals surface area contributed by atoms with Crippen molar-refractivity contribution in [3.63, 3.8) is 0 Å². The van der Waals surface area contributed by atoms with Gasteiger partial charge in [-0.25, -0.2) is 0 Å². The first-order valence-electron chi connectivity index (χ1n) is 2.41. The van der Waals surface area contributed by atoms with Gasteiger partial charge in [0, 0.05) is 12.8 Å². The summed E-state index contributed by atoms with van der Waals surface area (Å²) in [5, 5.41) is 0. The standard InChI is InChI=1S/C5H8O.Na/c6-5-3-1-2-4-5;/h1-4H2;/q;+1. The molecule has 1 saturated carbocycles. The third kappa shape index (κ3) is 2.47. The van der Waals surface area contributed by atoms with Crippen LogP contribution in [0.5, 0.6) is 0 Å². The Kier molecular flexibility index (Phi) is 3.99. The van der Waals surface area contributed by atoms with Gasteiger partial charge in [0.05, 0.1) is 0 Å². The molecule has 7 heavy (non-hydrogen) atoms. The summed E-state index contributed by atoms with van der Waals surface area (Å²) in [7, 11) is 0. The molecule has 34 valence electrons. The maximum Gasteiger partial charge on any atom is 1.00 e. The van der Waals surface area contributed by atoms with E-state index in [4.69, 9.17) is 0 Å². The number of hydrogen-bond acceptors (Lipinski definition) is 1. The van der Waals surface area contributed by atoms with Gasteiger partial charge in [0.2, 0.25) is 0 Å². The molecule has 1 rings (SSSR count). The van der Waals surface area contributed by atoms with Crippen LogP contribution in [-0.4, -0.2) is 5.78 Å². The van der Waals surface area contributed by atoms with E-state index >= 15 is 0 Å². The number of Topliss-reactive ketones (excluding diaryl/α,β-unsaturated/α-hetero) is 1. The van der Waals surface area contributed by atoms with Crippen LogP contribution in [0.15, 0.2) is 0 Å². The fourth-order valence-electron chi connectivity index (χ4n) is 0.769. The maximum absolute atomic E-state index is 10.2. The summed E-state index contributed by atoms with van der Waals surface area (Å²) in [6.45, 7) is 0. The minimum absolute atomic E-state index is 0. The Morgan fingerprint density at radius 1 is 1.14 bits per heavy atom. The third-order valence-electron chi connectivity index (χ3n) is 1.16. The van der Waals surface area contributed by atoms with Crippen molar-refractivity contribution in [3.05, 3.63) is 0 Å². The van der Waals surface area contributed by atoms with Crippen LogP contribution in [0.1, 0.15) is 25.7 Å². The molecule has 0 radical (unpaired) electrons. The smallest absolute Gasteiger partial charge is 0.300 e. The van der Waals surface area contributed by atoms with Crippen LogP contribution < -0.4 is 29.6 Å². The zero-order valence-corrected chi connectivity index (χ0v) is 6.74. The molecule has 1 aliphatic rings. The summed E-state index contributed by atoms with van der Waals surface area (Å²) < 4.78 is 0. The Morgan fingerprint density at radius 3 is 1.71 bits per heavy atom. The average molecular weight is 107 g/mol. The van der Waals surface area contributed by atoms with Gasteiger partial charge in [0.25, 0.3) is 0 Å². The van der Waals surface area contributed by atoms with Gasteiger partial charge in [0.1, 0.15) is 5.78 Å². The molecule has 0 aromatic heterocycles. The van der Waals surface area contributed by atoms with Crippen molar-refractivity contribution in [2.24, 2.45) is 0 Å². The Balaban J connectivity index is 0.000000360. The number of carbonyl (C=O) groups is 1. The zero-order chi connectivity index (χ0) is 4.41. The monoisotopic (exact) mass is 107 g/mol. The molecule has 0 unspecified atom stereocenters. The van der Waals surface area contributed by atoms with Crippen molar-refractivity contribution in [1.29, 1.82) is 0 Å². The third-order valence-corrected chi connectivity index (χ3v) is 1.16. The molecular formula is C5H8NaO+. The van der Waals surface area contributed by atoms with Crippen LogP contribution in [0.2, 0.25) is 0 Å². The molecule has 1 nitrogen and oxygen atoms in total. The SMILES string of the molecule is O=C1CCCC1.[Na+]. The molecule has 0 aromatic rings. The molecular weight excluding hydrogens is 99.0 g/mol. The summed E-state index contributed by atoms with van der Waals surface area (Å²) in [5.41, 5.74) is 0. The molecule has 0 atom stereocenters. The first kappa shape index (κ1) is 7.67. The van der Waals surface area contributed by atoms with Crippen LogP contribution in [0, 0.1) is 0 Å². The minimum atomic E-state index is 0. The molecule has 0 N–H and O–H groups in total. The van der Waals surface area contributed by atoms with Crippen molar-refractivity contribution in [2.75, 3.05) is 0 Å². The fourth-order valence-corrected chi connectivity index (χ4v) is 0.769. The first-order valence-corrected chi connectivity index (χ1v) is 2.41. The van der Waals surface area contributed by atoms with Gasteiger partial charge < -0.3 is 0 Å². The molecule has 0 aromatic carbocycles. The molecule has 2 heteroatoms. The van der Waals surface area contributed by atoms with Crippen LogP contribution in [0.3, 0.4) is 0 Å². The molecule has 1 aliphatic carbocycles. The molecule has 1 fully saturated rings. The van der Waals surface area contributed by atoms with E-state index in [2.05, 4.69) is 0 Å². The van der Waals surface area contributed by atoms with Gasteiger partial charge in [-0.3, -0.25) is 4.79 Å². The second-order valence-corrected chi connectivity index (χ2v) is 1.75. The van der Waals surface area contributed by atoms with E-state index in [1.54, 1.807) is 0 Å². The minimum Gasteiger partial charge on any atom is -0.300 e. The molecule has 0 spiro atoms. The molecule has 0 aliphatic heterocycles. The number of carbonyl (C=O) groups excluding carboxylic acids is 1. The van der Waals surface area contributed by atoms with Crippen molar-refractivity contribution in [2.45, 2.75) is 25.7 Å². The topological polar surface area (TPSA) is 17.1 Å². The summed E-state index contributed by atoms with van der Waals surface area (Å²) in [5.74, 6) is 0.454. The van der Waals surface area contributed by atoms with Gasteiger partial charge in [-0.1, -0.05) is 0 Å². The Hall–Kier alpha value is 0.670. The largest absolute Gasteiger partial charge is 1.00 e. The second kappa shape index (κ2) is 3.65. The quantitative estimate of drug-likeness (QED) is 0.332. The summed E-state index contributed by atoms with van der Waals surface area (Å²) in [6, 6.07) is 0. The Labute approximate surface area is 65.8 Å². The van der Waals surface area contributed by atoms with Crippen molar-refractivity contribution in [3.8, 4) is 0 Å². The Morgan fingerprint density at radius 2 is 1.57 bits per heavy atom. The summed E-state index contributed by atoms with van der Waals surface area (Å²) >= 11 is 0. The van der Waals surface area contributed by atoms with Crippen LogP contribution in [-0.2, 0) is 4.79 Å². The van der Waals surface area contributed by atoms with E-state index in [1.165, 1.54) is 0 Å². The van der Waals surface area contributed by atoms with E-state index in [1.807, 2.05) is 0 Å². The van der Waals surface area contributed by atoms with E-state index in [0.717, 1.165) is 25.7 Å². The van der Waals surface area contributed by atoms with E-state index in [-0.39, 0.29) is 29.6 Å². The van der Waals surface area contributed by atoms with Gasteiger partial charge in [-0.15, -0.1) is 0 Å². The van der Waals surface area contributed by atoms with E-state index in [0.29, 0.717) is 5.78 Å². The number of hydrogen-bond donors (Lipinski definition) is 0. The van der Waals surface area contributed by atoms with Gasteiger partial charge in [-0.2, -0.15) is 0 Å². The predicted molar refractivity (Wildman–Crippen MR) is 23.5 cm³/mol. The van der Waals surface area contributed by atoms with Crippen LogP contribution >= 0.6 is 0 Å². The molecule has 0 heterocycles. The first-order chi connectivity index (χ1) is 2.89. The Bertz CT molecular complexity index is 62.5. The zero-order valence-electron chi connectivity index (χ0n) is 4.74. The van der Waals surface area contributed by atoms with Crippen molar-refractivity contribution in [1.82, 2.24) is 0 Å². The van der Waals surface area contributed by atoms with Gasteiger partial charge in [-0.05, 0) is 12.8 Å². The van der Waals surface area contributed by atoms with E-state index < -0.39 is 0 Å². The van der Waals surface area contributed by atoms with Gasteiger partial charge >= 0.3 is 29.6 Å². The summed E-state index contributed by atoms with van der Waals surface area (Å²) in [4.78, 5) is 10.2. The molecule has 0 saturated heterocycles. The maximum atomic E-state index is 10.2. The molecule has 0 bridgehead atoms. The second-order valence-electron chi connectivity index (χ2n) is 1.75. The predicted octanol–water partition coefficient (Wildman–Crippen LogP) is -1.87. The number of rotatable bonds is 0. The normalized spacial score (nSPS) is 19.1. The summed E-state index contributed by atoms with van der Waals surface area (Å²) in [6.07, 6.45) is 3.97. The van der Waals surface area contributed by atoms with E-state index in [9.17, 15) is 4.79 Å². The van der Waals surface area contributed by atoms with Crippen molar-refractivity contribution < 1.29 is 34.4 Å². The number of ketones is 1. The van der Waals surface area contributed by atoms with Crippen LogP contribution in [0.4, 0.5) is 0 Å². The van der Waals surface area contributed by atoms with Gasteiger partial charge in [0.15, 0.2) is 0 Å². The fraction of sp³-hybridized carbons (Fsp3) is 0.800. The average Bonchev–Trinajstić information content (AvgIpc) is 1.86. The molecule has 0 amide bonds.